The van der Waals surface area contributed by atoms with E-state index >= 15 is 0 Å². The summed E-state index contributed by atoms with van der Waals surface area (Å²) in [5.74, 6) is -4.45. The van der Waals surface area contributed by atoms with E-state index in [-0.39, 0.29) is 29.1 Å². The van der Waals surface area contributed by atoms with Crippen LogP contribution in [0.25, 0.3) is 0 Å². The summed E-state index contributed by atoms with van der Waals surface area (Å²) >= 11 is 0. The molecule has 15 unspecified atom stereocenters. The smallest absolute Gasteiger partial charge is 0.335 e. The lowest BCUT2D eigenvalue weighted by Gasteiger charge is -2.64. The van der Waals surface area contributed by atoms with Gasteiger partial charge in [-0.05, 0) is 80.5 Å². The monoisotopic (exact) mass is 544 g/mol. The first-order valence-corrected chi connectivity index (χ1v) is 14.0. The Hall–Kier alpha value is -0.890. The predicted octanol–water partition coefficient (Wildman–Crippen LogP) is -1.04. The lowest BCUT2D eigenvalue weighted by Crippen LogP contribution is -2.69. The minimum Gasteiger partial charge on any atom is -0.479 e. The summed E-state index contributed by atoms with van der Waals surface area (Å²) in [6, 6.07) is 0. The van der Waals surface area contributed by atoms with E-state index in [0.717, 1.165) is 12.8 Å². The zero-order valence-electron chi connectivity index (χ0n) is 22.1. The highest BCUT2D eigenvalue weighted by molar-refractivity contribution is 5.73. The number of fused-ring (bicyclic) bond motifs is 5. The Morgan fingerprint density at radius 1 is 0.974 bits per heavy atom. The predicted molar refractivity (Wildman–Crippen MR) is 130 cm³/mol. The fourth-order valence-electron chi connectivity index (χ4n) is 9.98. The van der Waals surface area contributed by atoms with Gasteiger partial charge in [-0.1, -0.05) is 13.8 Å². The summed E-state index contributed by atoms with van der Waals surface area (Å²) in [4.78, 5) is 11.6. The second-order valence-corrected chi connectivity index (χ2v) is 13.5. The van der Waals surface area contributed by atoms with Gasteiger partial charge in [0.05, 0.1) is 18.3 Å². The molecule has 218 valence electrons. The maximum Gasteiger partial charge on any atom is 0.335 e. The minimum absolute atomic E-state index is 0.0249. The molecule has 1 heterocycles. The third kappa shape index (κ3) is 3.70. The molecule has 5 rings (SSSR count). The van der Waals surface area contributed by atoms with Crippen molar-refractivity contribution in [3.05, 3.63) is 0 Å². The molecule has 0 bridgehead atoms. The molecule has 1 saturated heterocycles. The average molecular weight is 545 g/mol. The van der Waals surface area contributed by atoms with Crippen LogP contribution in [0.1, 0.15) is 65.2 Å². The van der Waals surface area contributed by atoms with Crippen LogP contribution in [0.3, 0.4) is 0 Å². The van der Waals surface area contributed by atoms with Crippen molar-refractivity contribution < 1.29 is 55.5 Å². The molecule has 38 heavy (non-hydrogen) atoms. The molecule has 11 nitrogen and oxygen atoms in total. The standard InChI is InChI=1S/C27H44O11/c1-24-7-5-13(27(37)22(33)20(32)19(31)21(38-27)23(34)35)9-12(24)3-4-14-15-6-8-26(36,17(30)11-28)25(15,2)10-16(29)18(14)24/h12-22,28-33,36-37H,3-11H2,1-2H3,(H,34,35). The Morgan fingerprint density at radius 3 is 2.29 bits per heavy atom. The first kappa shape index (κ1) is 28.6. The van der Waals surface area contributed by atoms with Crippen LogP contribution < -0.4 is 0 Å². The Bertz CT molecular complexity index is 933. The summed E-state index contributed by atoms with van der Waals surface area (Å²) in [6.07, 6.45) is -5.35. The van der Waals surface area contributed by atoms with Crippen molar-refractivity contribution in [1.82, 2.24) is 0 Å². The van der Waals surface area contributed by atoms with Gasteiger partial charge in [0.1, 0.15) is 24.4 Å². The number of aliphatic carboxylic acids is 1. The molecule has 5 fully saturated rings. The molecule has 0 spiro atoms. The number of hydrogen-bond donors (Lipinski definition) is 9. The number of ether oxygens (including phenoxy) is 1. The summed E-state index contributed by atoms with van der Waals surface area (Å²) in [6.45, 7) is 3.51. The van der Waals surface area contributed by atoms with Crippen molar-refractivity contribution in [1.29, 1.82) is 0 Å². The molecule has 0 aromatic rings. The van der Waals surface area contributed by atoms with Gasteiger partial charge in [0.15, 0.2) is 11.9 Å². The van der Waals surface area contributed by atoms with Crippen LogP contribution in [0.5, 0.6) is 0 Å². The van der Waals surface area contributed by atoms with E-state index in [1.165, 1.54) is 0 Å². The second-order valence-electron chi connectivity index (χ2n) is 13.5. The van der Waals surface area contributed by atoms with Crippen LogP contribution in [0.4, 0.5) is 0 Å². The molecule has 0 amide bonds. The Kier molecular flexibility index (Phi) is 7.02. The topological polar surface area (TPSA) is 208 Å². The van der Waals surface area contributed by atoms with Crippen molar-refractivity contribution in [2.75, 3.05) is 6.61 Å². The Labute approximate surface area is 222 Å². The summed E-state index contributed by atoms with van der Waals surface area (Å²) in [7, 11) is 0. The number of hydrogen-bond acceptors (Lipinski definition) is 10. The molecule has 11 heteroatoms. The van der Waals surface area contributed by atoms with E-state index in [1.54, 1.807) is 0 Å². The van der Waals surface area contributed by atoms with Gasteiger partial charge in [0, 0.05) is 11.3 Å². The van der Waals surface area contributed by atoms with E-state index in [9.17, 15) is 50.8 Å². The van der Waals surface area contributed by atoms with Crippen LogP contribution in [-0.2, 0) is 9.53 Å². The van der Waals surface area contributed by atoms with E-state index in [1.807, 2.05) is 6.92 Å². The zero-order valence-corrected chi connectivity index (χ0v) is 22.1. The van der Waals surface area contributed by atoms with E-state index in [4.69, 9.17) is 4.74 Å². The number of aliphatic hydroxyl groups is 8. The molecule has 5 aliphatic rings. The van der Waals surface area contributed by atoms with Gasteiger partial charge in [-0.3, -0.25) is 0 Å². The highest BCUT2D eigenvalue weighted by atomic mass is 16.7. The van der Waals surface area contributed by atoms with Crippen molar-refractivity contribution >= 4 is 5.97 Å². The van der Waals surface area contributed by atoms with Crippen molar-refractivity contribution in [3.8, 4) is 0 Å². The first-order chi connectivity index (χ1) is 17.7. The van der Waals surface area contributed by atoms with Crippen molar-refractivity contribution in [2.45, 2.75) is 113 Å². The van der Waals surface area contributed by atoms with Crippen LogP contribution in [0.15, 0.2) is 0 Å². The number of carboxylic acid groups (broad SMARTS) is 1. The summed E-state index contributed by atoms with van der Waals surface area (Å²) in [5, 5.41) is 95.1. The lowest BCUT2D eigenvalue weighted by atomic mass is 9.42. The fraction of sp³-hybridized carbons (Fsp3) is 0.963. The van der Waals surface area contributed by atoms with Crippen LogP contribution in [0, 0.1) is 40.4 Å². The fourth-order valence-corrected chi connectivity index (χ4v) is 9.98. The Morgan fingerprint density at radius 2 is 1.66 bits per heavy atom. The van der Waals surface area contributed by atoms with Crippen molar-refractivity contribution in [3.63, 3.8) is 0 Å². The maximum absolute atomic E-state index is 11.6. The summed E-state index contributed by atoms with van der Waals surface area (Å²) < 4.78 is 5.41. The summed E-state index contributed by atoms with van der Waals surface area (Å²) in [5.41, 5.74) is -2.54. The molecule has 0 aromatic heterocycles. The average Bonchev–Trinajstić information content (AvgIpc) is 3.14. The van der Waals surface area contributed by atoms with Gasteiger partial charge >= 0.3 is 5.97 Å². The second kappa shape index (κ2) is 9.32. The molecular weight excluding hydrogens is 500 g/mol. The van der Waals surface area contributed by atoms with Crippen LogP contribution in [-0.4, -0.2) is 107 Å². The largest absolute Gasteiger partial charge is 0.479 e. The van der Waals surface area contributed by atoms with Gasteiger partial charge in [-0.15, -0.1) is 0 Å². The van der Waals surface area contributed by atoms with Gasteiger partial charge in [0.2, 0.25) is 0 Å². The number of aliphatic hydroxyl groups excluding tert-OH is 6. The number of rotatable bonds is 4. The lowest BCUT2D eigenvalue weighted by molar-refractivity contribution is -0.367. The Balaban J connectivity index is 1.39. The normalized spacial score (nSPS) is 57.4. The third-order valence-electron chi connectivity index (χ3n) is 12.1. The zero-order chi connectivity index (χ0) is 28.0. The number of carbonyl (C=O) groups is 1. The maximum atomic E-state index is 11.6. The van der Waals surface area contributed by atoms with Crippen LogP contribution in [0.2, 0.25) is 0 Å². The number of carboxylic acids is 1. The first-order valence-electron chi connectivity index (χ1n) is 14.0. The molecular formula is C27H44O11. The van der Waals surface area contributed by atoms with Gasteiger partial charge < -0.3 is 50.7 Å². The van der Waals surface area contributed by atoms with Gasteiger partial charge in [-0.25, -0.2) is 4.79 Å². The molecule has 0 aromatic carbocycles. The van der Waals surface area contributed by atoms with E-state index < -0.39 is 71.9 Å². The van der Waals surface area contributed by atoms with Crippen molar-refractivity contribution in [2.24, 2.45) is 40.4 Å². The molecule has 1 aliphatic heterocycles. The van der Waals surface area contributed by atoms with Crippen LogP contribution >= 0.6 is 0 Å². The minimum atomic E-state index is -2.34. The quantitative estimate of drug-likeness (QED) is 0.209. The molecule has 4 aliphatic carbocycles. The highest BCUT2D eigenvalue weighted by Crippen LogP contribution is 2.69. The highest BCUT2D eigenvalue weighted by Gasteiger charge is 2.69. The van der Waals surface area contributed by atoms with Gasteiger partial charge in [-0.2, -0.15) is 0 Å². The van der Waals surface area contributed by atoms with E-state index in [0.29, 0.717) is 38.5 Å². The third-order valence-corrected chi connectivity index (χ3v) is 12.1. The molecule has 4 saturated carbocycles. The molecule has 0 radical (unpaired) electrons. The van der Waals surface area contributed by atoms with E-state index in [2.05, 4.69) is 6.92 Å². The molecule has 15 atom stereocenters. The van der Waals surface area contributed by atoms with Gasteiger partial charge in [0.25, 0.3) is 0 Å². The SMILES string of the molecule is CC12CCC(C3(O)OC(C(=O)O)C(O)C(O)C3O)CC1CCC1C2C(O)CC2(C)C1CCC2(O)C(O)CO. The molecule has 9 N–H and O–H groups in total.